The van der Waals surface area contributed by atoms with Gasteiger partial charge in [-0.05, 0) is 22.0 Å². The number of carboxylic acid groups (broad SMARTS) is 1. The molecule has 4 nitrogen and oxygen atoms in total. The third-order valence-corrected chi connectivity index (χ3v) is 2.68. The zero-order valence-corrected chi connectivity index (χ0v) is 10.1. The number of carboxylic acids is 1. The molecule has 0 spiro atoms. The third-order valence-electron chi connectivity index (χ3n) is 2.07. The Bertz CT molecular complexity index is 411. The molecule has 3 N–H and O–H groups in total. The first-order valence-corrected chi connectivity index (χ1v) is 5.25. The summed E-state index contributed by atoms with van der Waals surface area (Å²) < 4.78 is 19.0. The highest BCUT2D eigenvalue weighted by Crippen LogP contribution is 2.30. The minimum absolute atomic E-state index is 0.148. The van der Waals surface area contributed by atoms with E-state index in [-0.39, 0.29) is 12.0 Å². The van der Waals surface area contributed by atoms with Gasteiger partial charge in [-0.15, -0.1) is 0 Å². The van der Waals surface area contributed by atoms with Crippen molar-refractivity contribution in [3.8, 4) is 5.75 Å². The van der Waals surface area contributed by atoms with Gasteiger partial charge in [0, 0.05) is 17.7 Å². The van der Waals surface area contributed by atoms with Crippen molar-refractivity contribution < 1.29 is 19.0 Å². The van der Waals surface area contributed by atoms with E-state index in [4.69, 9.17) is 15.6 Å². The molecule has 0 saturated heterocycles. The quantitative estimate of drug-likeness (QED) is 0.891. The van der Waals surface area contributed by atoms with Gasteiger partial charge in [0.05, 0.1) is 18.0 Å². The van der Waals surface area contributed by atoms with Crippen LogP contribution in [0.1, 0.15) is 18.0 Å². The van der Waals surface area contributed by atoms with E-state index in [1.165, 1.54) is 19.2 Å². The highest BCUT2D eigenvalue weighted by molar-refractivity contribution is 9.10. The van der Waals surface area contributed by atoms with Crippen LogP contribution in [0.2, 0.25) is 0 Å². The second-order valence-electron chi connectivity index (χ2n) is 3.21. The van der Waals surface area contributed by atoms with Gasteiger partial charge in [-0.2, -0.15) is 0 Å². The average molecular weight is 292 g/mol. The van der Waals surface area contributed by atoms with Crippen LogP contribution in [0.5, 0.6) is 5.75 Å². The number of carbonyl (C=O) groups is 1. The van der Waals surface area contributed by atoms with Gasteiger partial charge in [-0.1, -0.05) is 0 Å². The van der Waals surface area contributed by atoms with Crippen molar-refractivity contribution in [1.29, 1.82) is 0 Å². The number of hydrogen-bond donors (Lipinski definition) is 2. The zero-order chi connectivity index (χ0) is 12.3. The van der Waals surface area contributed by atoms with Crippen LogP contribution in [0.15, 0.2) is 16.6 Å². The molecular formula is C10H11BrFNO3. The van der Waals surface area contributed by atoms with Crippen LogP contribution in [0, 0.1) is 5.82 Å². The van der Waals surface area contributed by atoms with Gasteiger partial charge >= 0.3 is 5.97 Å². The highest BCUT2D eigenvalue weighted by Gasteiger charge is 2.17. The maximum Gasteiger partial charge on any atom is 0.305 e. The molecule has 0 amide bonds. The topological polar surface area (TPSA) is 72.5 Å². The number of benzene rings is 1. The van der Waals surface area contributed by atoms with E-state index >= 15 is 0 Å². The summed E-state index contributed by atoms with van der Waals surface area (Å²) in [5.41, 5.74) is 5.72. The van der Waals surface area contributed by atoms with Gasteiger partial charge in [0.15, 0.2) is 0 Å². The second kappa shape index (κ2) is 5.27. The summed E-state index contributed by atoms with van der Waals surface area (Å²) >= 11 is 3.18. The Labute approximate surface area is 100 Å². The fourth-order valence-electron chi connectivity index (χ4n) is 1.28. The van der Waals surface area contributed by atoms with Crippen LogP contribution in [0.25, 0.3) is 0 Å². The van der Waals surface area contributed by atoms with E-state index in [1.54, 1.807) is 0 Å². The second-order valence-corrected chi connectivity index (χ2v) is 4.07. The average Bonchev–Trinajstić information content (AvgIpc) is 2.19. The number of aliphatic carboxylic acids is 1. The lowest BCUT2D eigenvalue weighted by atomic mass is 10.0. The predicted molar refractivity (Wildman–Crippen MR) is 59.8 cm³/mol. The zero-order valence-electron chi connectivity index (χ0n) is 8.54. The van der Waals surface area contributed by atoms with Gasteiger partial charge in [0.1, 0.15) is 11.6 Å². The molecule has 0 aliphatic heterocycles. The molecule has 1 aromatic rings. The number of hydrogen-bond acceptors (Lipinski definition) is 3. The molecule has 1 aromatic carbocycles. The monoisotopic (exact) mass is 291 g/mol. The van der Waals surface area contributed by atoms with Crippen LogP contribution in [-0.4, -0.2) is 18.2 Å². The number of halogens is 2. The Morgan fingerprint density at radius 1 is 1.69 bits per heavy atom. The van der Waals surface area contributed by atoms with Crippen molar-refractivity contribution in [2.24, 2.45) is 5.73 Å². The molecule has 0 fully saturated rings. The maximum absolute atomic E-state index is 13.5. The number of ether oxygens (including phenoxy) is 1. The maximum atomic E-state index is 13.5. The summed E-state index contributed by atoms with van der Waals surface area (Å²) in [7, 11) is 1.41. The Hall–Kier alpha value is -1.14. The highest BCUT2D eigenvalue weighted by atomic mass is 79.9. The van der Waals surface area contributed by atoms with E-state index in [1.807, 2.05) is 0 Å². The predicted octanol–water partition coefficient (Wildman–Crippen LogP) is 2.07. The van der Waals surface area contributed by atoms with Gasteiger partial charge in [0.2, 0.25) is 0 Å². The summed E-state index contributed by atoms with van der Waals surface area (Å²) in [6.45, 7) is 0. The molecule has 16 heavy (non-hydrogen) atoms. The molecule has 1 rings (SSSR count). The smallest absolute Gasteiger partial charge is 0.305 e. The molecule has 0 aliphatic carbocycles. The van der Waals surface area contributed by atoms with Crippen LogP contribution >= 0.6 is 15.9 Å². The minimum atomic E-state index is -1.07. The molecule has 0 bridgehead atoms. The Balaban J connectivity index is 3.05. The normalized spacial score (nSPS) is 12.2. The van der Waals surface area contributed by atoms with E-state index < -0.39 is 17.8 Å². The number of nitrogens with two attached hydrogens (primary N) is 1. The van der Waals surface area contributed by atoms with Crippen LogP contribution in [0.4, 0.5) is 4.39 Å². The lowest BCUT2D eigenvalue weighted by Crippen LogP contribution is -2.16. The van der Waals surface area contributed by atoms with Crippen molar-refractivity contribution in [1.82, 2.24) is 0 Å². The molecule has 1 atom stereocenters. The first kappa shape index (κ1) is 12.9. The fraction of sp³-hybridized carbons (Fsp3) is 0.300. The van der Waals surface area contributed by atoms with Crippen LogP contribution in [-0.2, 0) is 4.79 Å². The van der Waals surface area contributed by atoms with Gasteiger partial charge in [-0.3, -0.25) is 4.79 Å². The molecule has 0 aliphatic rings. The van der Waals surface area contributed by atoms with Gasteiger partial charge in [-0.25, -0.2) is 4.39 Å². The van der Waals surface area contributed by atoms with Crippen molar-refractivity contribution in [2.75, 3.05) is 7.11 Å². The summed E-state index contributed by atoms with van der Waals surface area (Å²) in [5.74, 6) is -1.31. The lowest BCUT2D eigenvalue weighted by molar-refractivity contribution is -0.137. The van der Waals surface area contributed by atoms with Crippen LogP contribution in [0.3, 0.4) is 0 Å². The first-order chi connectivity index (χ1) is 7.45. The van der Waals surface area contributed by atoms with Crippen molar-refractivity contribution in [3.05, 3.63) is 28.0 Å². The summed E-state index contributed by atoms with van der Waals surface area (Å²) in [4.78, 5) is 10.5. The number of rotatable bonds is 4. The number of methoxy groups -OCH3 is 1. The third kappa shape index (κ3) is 2.93. The Morgan fingerprint density at radius 2 is 2.31 bits per heavy atom. The largest absolute Gasteiger partial charge is 0.495 e. The van der Waals surface area contributed by atoms with Gasteiger partial charge in [0.25, 0.3) is 0 Å². The summed E-state index contributed by atoms with van der Waals surface area (Å²) in [6, 6.07) is 1.72. The molecule has 88 valence electrons. The SMILES string of the molecule is COc1cc(F)c(C(N)CC(=O)O)cc1Br. The summed E-state index contributed by atoms with van der Waals surface area (Å²) in [5, 5.41) is 8.57. The molecule has 1 unspecified atom stereocenters. The molecule has 0 aromatic heterocycles. The molecule has 6 heteroatoms. The van der Waals surface area contributed by atoms with E-state index in [9.17, 15) is 9.18 Å². The van der Waals surface area contributed by atoms with Crippen molar-refractivity contribution in [3.63, 3.8) is 0 Å². The van der Waals surface area contributed by atoms with E-state index in [2.05, 4.69) is 15.9 Å². The molecule has 0 radical (unpaired) electrons. The molecular weight excluding hydrogens is 281 g/mol. The van der Waals surface area contributed by atoms with E-state index in [0.29, 0.717) is 10.2 Å². The fourth-order valence-corrected chi connectivity index (χ4v) is 1.81. The minimum Gasteiger partial charge on any atom is -0.495 e. The molecule has 0 saturated carbocycles. The van der Waals surface area contributed by atoms with E-state index in [0.717, 1.165) is 0 Å². The molecule has 0 heterocycles. The lowest BCUT2D eigenvalue weighted by Gasteiger charge is -2.13. The van der Waals surface area contributed by atoms with Gasteiger partial charge < -0.3 is 15.6 Å². The standard InChI is InChI=1S/C10H11BrFNO3/c1-16-9-3-7(12)5(2-6(9)11)8(13)4-10(14)15/h2-3,8H,4,13H2,1H3,(H,14,15). The Kier molecular flexibility index (Phi) is 4.26. The van der Waals surface area contributed by atoms with Crippen LogP contribution < -0.4 is 10.5 Å². The first-order valence-electron chi connectivity index (χ1n) is 4.46. The summed E-state index contributed by atoms with van der Waals surface area (Å²) in [6.07, 6.45) is -0.324. The van der Waals surface area contributed by atoms with Crippen molar-refractivity contribution >= 4 is 21.9 Å². The Morgan fingerprint density at radius 3 is 2.81 bits per heavy atom. The van der Waals surface area contributed by atoms with Crippen molar-refractivity contribution in [2.45, 2.75) is 12.5 Å².